The standard InChI is InChI=1S/C29H31Cl2F5N6O3/c30-19-10-5-15(12-37-25(43)14-3-1-2-4-14)22(31)23(19)40-28-39-20-11-18(27(41-24(20)42-28)45-13-21(32)33)26(44)38-17-8-6-16(7-9-17)29(34,35)36/h5,10-11,14,16-17,21H,1-4,6-9,12-13H2,(H,37,43)(H,38,44)(H2,39,40,41,42)/t16-,17-. The molecule has 1 aromatic carbocycles. The van der Waals surface area contributed by atoms with Gasteiger partial charge in [0.25, 0.3) is 12.3 Å². The molecule has 2 heterocycles. The van der Waals surface area contributed by atoms with Gasteiger partial charge in [-0.05, 0) is 56.2 Å². The molecular formula is C29H31Cl2F5N6O3. The van der Waals surface area contributed by atoms with E-state index in [1.54, 1.807) is 12.1 Å². The van der Waals surface area contributed by atoms with Gasteiger partial charge in [-0.1, -0.05) is 42.1 Å². The molecule has 5 rings (SSSR count). The summed E-state index contributed by atoms with van der Waals surface area (Å²) in [5.41, 5.74) is 0.963. The van der Waals surface area contributed by atoms with Crippen molar-refractivity contribution in [3.63, 3.8) is 0 Å². The highest BCUT2D eigenvalue weighted by Gasteiger charge is 2.41. The fourth-order valence-electron chi connectivity index (χ4n) is 5.71. The minimum absolute atomic E-state index is 0.0114. The number of ether oxygens (including phenoxy) is 1. The number of nitrogens with one attached hydrogen (secondary N) is 4. The zero-order valence-electron chi connectivity index (χ0n) is 23.9. The molecule has 4 N–H and O–H groups in total. The first-order chi connectivity index (χ1) is 21.4. The summed E-state index contributed by atoms with van der Waals surface area (Å²) in [6.45, 7) is -0.858. The number of rotatable bonds is 10. The fourth-order valence-corrected chi connectivity index (χ4v) is 6.24. The van der Waals surface area contributed by atoms with Crippen LogP contribution in [0.3, 0.4) is 0 Å². The molecule has 0 aliphatic heterocycles. The van der Waals surface area contributed by atoms with E-state index >= 15 is 0 Å². The molecule has 45 heavy (non-hydrogen) atoms. The van der Waals surface area contributed by atoms with Crippen LogP contribution in [0, 0.1) is 11.8 Å². The van der Waals surface area contributed by atoms with Gasteiger partial charge < -0.3 is 25.7 Å². The summed E-state index contributed by atoms with van der Waals surface area (Å²) < 4.78 is 70.2. The Bertz CT molecular complexity index is 1540. The summed E-state index contributed by atoms with van der Waals surface area (Å²) in [6.07, 6.45) is -3.42. The number of amides is 2. The molecule has 9 nitrogen and oxygen atoms in total. The van der Waals surface area contributed by atoms with Crippen molar-refractivity contribution in [1.82, 2.24) is 25.6 Å². The van der Waals surface area contributed by atoms with E-state index in [1.165, 1.54) is 6.07 Å². The van der Waals surface area contributed by atoms with Gasteiger partial charge in [-0.25, -0.2) is 8.78 Å². The number of alkyl halides is 5. The van der Waals surface area contributed by atoms with Crippen LogP contribution in [-0.2, 0) is 11.3 Å². The summed E-state index contributed by atoms with van der Waals surface area (Å²) in [5.74, 6) is -2.50. The highest BCUT2D eigenvalue weighted by Crippen LogP contribution is 2.38. The molecule has 3 aromatic rings. The Morgan fingerprint density at radius 2 is 1.76 bits per heavy atom. The number of hydrogen-bond acceptors (Lipinski definition) is 6. The first-order valence-corrected chi connectivity index (χ1v) is 15.4. The minimum atomic E-state index is -4.30. The number of fused-ring (bicyclic) bond motifs is 1. The molecule has 0 radical (unpaired) electrons. The molecule has 2 aromatic heterocycles. The van der Waals surface area contributed by atoms with Gasteiger partial charge >= 0.3 is 6.18 Å². The lowest BCUT2D eigenvalue weighted by Crippen LogP contribution is -2.40. The number of benzene rings is 1. The van der Waals surface area contributed by atoms with E-state index in [0.717, 1.165) is 25.7 Å². The first-order valence-electron chi connectivity index (χ1n) is 14.6. The van der Waals surface area contributed by atoms with Crippen molar-refractivity contribution in [2.24, 2.45) is 11.8 Å². The molecule has 2 aliphatic rings. The lowest BCUT2D eigenvalue weighted by Gasteiger charge is -2.30. The van der Waals surface area contributed by atoms with Crippen molar-refractivity contribution in [3.05, 3.63) is 39.4 Å². The molecule has 0 unspecified atom stereocenters. The van der Waals surface area contributed by atoms with Crippen molar-refractivity contribution in [1.29, 1.82) is 0 Å². The highest BCUT2D eigenvalue weighted by molar-refractivity contribution is 6.39. The predicted molar refractivity (Wildman–Crippen MR) is 158 cm³/mol. The third kappa shape index (κ3) is 8.07. The maximum Gasteiger partial charge on any atom is 0.391 e. The van der Waals surface area contributed by atoms with Crippen LogP contribution >= 0.6 is 23.2 Å². The number of H-pyrrole nitrogens is 1. The fraction of sp³-hybridized carbons (Fsp3) is 0.517. The Kier molecular flexibility index (Phi) is 10.2. The van der Waals surface area contributed by atoms with Gasteiger partial charge in [0.1, 0.15) is 5.56 Å². The molecule has 0 saturated heterocycles. The van der Waals surface area contributed by atoms with E-state index in [4.69, 9.17) is 27.9 Å². The van der Waals surface area contributed by atoms with Gasteiger partial charge in [-0.15, -0.1) is 0 Å². The van der Waals surface area contributed by atoms with Crippen LogP contribution < -0.4 is 20.7 Å². The van der Waals surface area contributed by atoms with Crippen LogP contribution in [0.25, 0.3) is 11.2 Å². The molecule has 2 amide bonds. The van der Waals surface area contributed by atoms with Crippen LogP contribution in [0.1, 0.15) is 67.3 Å². The van der Waals surface area contributed by atoms with E-state index in [0.29, 0.717) is 5.56 Å². The molecule has 0 bridgehead atoms. The largest absolute Gasteiger partial charge is 0.471 e. The monoisotopic (exact) mass is 676 g/mol. The van der Waals surface area contributed by atoms with Crippen molar-refractivity contribution in [3.8, 4) is 5.88 Å². The van der Waals surface area contributed by atoms with Gasteiger partial charge in [0.05, 0.1) is 27.2 Å². The van der Waals surface area contributed by atoms with E-state index < -0.39 is 43.0 Å². The molecule has 2 saturated carbocycles. The highest BCUT2D eigenvalue weighted by atomic mass is 35.5. The molecule has 2 aliphatic carbocycles. The second-order valence-corrected chi connectivity index (χ2v) is 12.1. The number of pyridine rings is 1. The van der Waals surface area contributed by atoms with Crippen LogP contribution in [0.2, 0.25) is 10.0 Å². The number of aromatic nitrogens is 3. The SMILES string of the molecule is O=C(N[C@H]1CC[C@H](C(F)(F)F)CC1)c1cc2[nH]c(Nc3c(Cl)ccc(CNC(=O)C4CCCC4)c3Cl)nc2nc1OCC(F)F. The number of hydrogen-bond donors (Lipinski definition) is 4. The topological polar surface area (TPSA) is 121 Å². The second kappa shape index (κ2) is 13.9. The number of halogens is 7. The van der Waals surface area contributed by atoms with E-state index in [-0.39, 0.29) is 82.5 Å². The van der Waals surface area contributed by atoms with E-state index in [9.17, 15) is 31.5 Å². The van der Waals surface area contributed by atoms with Crippen LogP contribution in [-0.4, -0.2) is 52.0 Å². The predicted octanol–water partition coefficient (Wildman–Crippen LogP) is 7.31. The third-order valence-corrected chi connectivity index (χ3v) is 8.89. The van der Waals surface area contributed by atoms with Gasteiger partial charge in [0.2, 0.25) is 17.7 Å². The van der Waals surface area contributed by atoms with Gasteiger partial charge in [-0.3, -0.25) is 9.59 Å². The smallest absolute Gasteiger partial charge is 0.391 e. The Morgan fingerprint density at radius 3 is 2.42 bits per heavy atom. The Balaban J connectivity index is 1.34. The Hall–Kier alpha value is -3.39. The maximum atomic E-state index is 13.2. The summed E-state index contributed by atoms with van der Waals surface area (Å²) in [4.78, 5) is 37.0. The quantitative estimate of drug-likeness (QED) is 0.167. The lowest BCUT2D eigenvalue weighted by atomic mass is 9.85. The van der Waals surface area contributed by atoms with Crippen molar-refractivity contribution < 1.29 is 36.3 Å². The van der Waals surface area contributed by atoms with Crippen LogP contribution in [0.5, 0.6) is 5.88 Å². The zero-order chi connectivity index (χ0) is 32.3. The van der Waals surface area contributed by atoms with Crippen LogP contribution in [0.15, 0.2) is 18.2 Å². The molecule has 0 spiro atoms. The summed E-state index contributed by atoms with van der Waals surface area (Å²) in [7, 11) is 0. The molecular weight excluding hydrogens is 646 g/mol. The lowest BCUT2D eigenvalue weighted by molar-refractivity contribution is -0.182. The molecule has 244 valence electrons. The number of nitrogens with zero attached hydrogens (tertiary/aromatic N) is 2. The minimum Gasteiger partial charge on any atom is -0.471 e. The summed E-state index contributed by atoms with van der Waals surface area (Å²) in [6, 6.07) is 4.08. The van der Waals surface area contributed by atoms with Crippen molar-refractivity contribution in [2.45, 2.75) is 76.6 Å². The van der Waals surface area contributed by atoms with E-state index in [2.05, 4.69) is 30.9 Å². The summed E-state index contributed by atoms with van der Waals surface area (Å²) >= 11 is 13.0. The number of aromatic amines is 1. The number of imidazole rings is 1. The van der Waals surface area contributed by atoms with Gasteiger partial charge in [0.15, 0.2) is 12.3 Å². The number of carbonyl (C=O) groups is 2. The second-order valence-electron chi connectivity index (χ2n) is 11.3. The van der Waals surface area contributed by atoms with Crippen molar-refractivity contribution in [2.75, 3.05) is 11.9 Å². The summed E-state index contributed by atoms with van der Waals surface area (Å²) in [5, 5.41) is 9.06. The zero-order valence-corrected chi connectivity index (χ0v) is 25.4. The first kappa shape index (κ1) is 33.0. The Morgan fingerprint density at radius 1 is 1.04 bits per heavy atom. The van der Waals surface area contributed by atoms with Crippen LogP contribution in [0.4, 0.5) is 33.6 Å². The normalized spacial score (nSPS) is 19.2. The van der Waals surface area contributed by atoms with Gasteiger partial charge in [-0.2, -0.15) is 23.1 Å². The molecule has 0 atom stereocenters. The Labute approximate surface area is 265 Å². The average Bonchev–Trinajstić information content (AvgIpc) is 3.67. The molecule has 2 fully saturated rings. The molecule has 16 heteroatoms. The van der Waals surface area contributed by atoms with Crippen molar-refractivity contribution >= 4 is 57.8 Å². The van der Waals surface area contributed by atoms with Gasteiger partial charge in [0, 0.05) is 18.5 Å². The maximum absolute atomic E-state index is 13.2. The number of anilines is 2. The average molecular weight is 678 g/mol. The van der Waals surface area contributed by atoms with E-state index in [1.807, 2.05) is 0 Å². The number of carbonyl (C=O) groups excluding carboxylic acids is 2. The third-order valence-electron chi connectivity index (χ3n) is 8.15.